The van der Waals surface area contributed by atoms with Gasteiger partial charge in [0.05, 0.1) is 0 Å². The molecule has 0 unspecified atom stereocenters. The van der Waals surface area contributed by atoms with Gasteiger partial charge in [0.1, 0.15) is 0 Å². The molecule has 0 rings (SSSR count). The van der Waals surface area contributed by atoms with Crippen molar-refractivity contribution in [1.82, 2.24) is 4.90 Å². The molecule has 0 heterocycles. The molecule has 19 heavy (non-hydrogen) atoms. The maximum atomic E-state index is 12.0. The van der Waals surface area contributed by atoms with E-state index in [-0.39, 0.29) is 0 Å². The Morgan fingerprint density at radius 3 is 2.16 bits per heavy atom. The molecule has 0 radical (unpaired) electrons. The van der Waals surface area contributed by atoms with Gasteiger partial charge >= 0.3 is 0 Å². The van der Waals surface area contributed by atoms with Gasteiger partial charge < -0.3 is 4.90 Å². The molecule has 0 aromatic heterocycles. The van der Waals surface area contributed by atoms with Crippen molar-refractivity contribution in [2.24, 2.45) is 0 Å². The Morgan fingerprint density at radius 1 is 0.895 bits per heavy atom. The number of amides is 1. The van der Waals surface area contributed by atoms with E-state index >= 15 is 0 Å². The molecule has 1 amide bonds. The molecule has 0 aromatic rings. The maximum absolute atomic E-state index is 12.0. The van der Waals surface area contributed by atoms with E-state index < -0.39 is 0 Å². The van der Waals surface area contributed by atoms with Crippen molar-refractivity contribution in [3.8, 4) is 0 Å². The third-order valence-corrected chi connectivity index (χ3v) is 3.81. The molecule has 0 aliphatic rings. The van der Waals surface area contributed by atoms with Gasteiger partial charge in [-0.15, -0.1) is 11.6 Å². The molecule has 0 N–H and O–H groups in total. The van der Waals surface area contributed by atoms with Gasteiger partial charge in [-0.3, -0.25) is 4.79 Å². The zero-order chi connectivity index (χ0) is 14.3. The van der Waals surface area contributed by atoms with Crippen molar-refractivity contribution < 1.29 is 4.79 Å². The van der Waals surface area contributed by atoms with Gasteiger partial charge in [-0.1, -0.05) is 45.4 Å². The van der Waals surface area contributed by atoms with Crippen LogP contribution in [0.2, 0.25) is 0 Å². The number of hydrogen-bond acceptors (Lipinski definition) is 1. The number of nitrogens with zero attached hydrogens (tertiary/aromatic N) is 1. The smallest absolute Gasteiger partial charge is 0.222 e. The second kappa shape index (κ2) is 14.2. The molecule has 0 saturated carbocycles. The summed E-state index contributed by atoms with van der Waals surface area (Å²) in [7, 11) is 0. The molecule has 0 saturated heterocycles. The number of hydrogen-bond donors (Lipinski definition) is 0. The van der Waals surface area contributed by atoms with Crippen LogP contribution in [0.5, 0.6) is 0 Å². The maximum Gasteiger partial charge on any atom is 0.222 e. The van der Waals surface area contributed by atoms with Crippen LogP contribution in [-0.4, -0.2) is 29.8 Å². The highest BCUT2D eigenvalue weighted by atomic mass is 35.5. The van der Waals surface area contributed by atoms with Crippen molar-refractivity contribution >= 4 is 17.5 Å². The van der Waals surface area contributed by atoms with Crippen LogP contribution in [0.3, 0.4) is 0 Å². The van der Waals surface area contributed by atoms with Crippen LogP contribution in [0.1, 0.15) is 78.1 Å². The van der Waals surface area contributed by atoms with E-state index in [1.807, 2.05) is 4.90 Å². The van der Waals surface area contributed by atoms with Crippen LogP contribution in [0.25, 0.3) is 0 Å². The van der Waals surface area contributed by atoms with Gasteiger partial charge in [-0.05, 0) is 26.2 Å². The van der Waals surface area contributed by atoms with Crippen LogP contribution >= 0.6 is 11.6 Å². The van der Waals surface area contributed by atoms with Crippen LogP contribution in [0.15, 0.2) is 0 Å². The topological polar surface area (TPSA) is 20.3 Å². The van der Waals surface area contributed by atoms with Crippen molar-refractivity contribution in [3.63, 3.8) is 0 Å². The monoisotopic (exact) mass is 289 g/mol. The number of rotatable bonds is 13. The minimum atomic E-state index is 0.325. The first kappa shape index (κ1) is 18.8. The van der Waals surface area contributed by atoms with E-state index in [9.17, 15) is 4.79 Å². The van der Waals surface area contributed by atoms with Crippen LogP contribution in [-0.2, 0) is 4.79 Å². The minimum absolute atomic E-state index is 0.325. The fourth-order valence-electron chi connectivity index (χ4n) is 2.25. The van der Waals surface area contributed by atoms with E-state index in [1.54, 1.807) is 0 Å². The molecule has 114 valence electrons. The Hall–Kier alpha value is -0.240. The summed E-state index contributed by atoms with van der Waals surface area (Å²) in [6, 6.07) is 0. The fraction of sp³-hybridized carbons (Fsp3) is 0.938. The molecule has 0 bridgehead atoms. The lowest BCUT2D eigenvalue weighted by Gasteiger charge is -2.20. The van der Waals surface area contributed by atoms with Crippen molar-refractivity contribution in [2.45, 2.75) is 78.1 Å². The summed E-state index contributed by atoms with van der Waals surface area (Å²) in [4.78, 5) is 14.0. The lowest BCUT2D eigenvalue weighted by Crippen LogP contribution is -2.31. The third-order valence-electron chi connectivity index (χ3n) is 3.54. The average molecular weight is 290 g/mol. The molecule has 0 aromatic carbocycles. The van der Waals surface area contributed by atoms with Crippen LogP contribution in [0.4, 0.5) is 0 Å². The fourth-order valence-corrected chi connectivity index (χ4v) is 2.44. The zero-order valence-corrected chi connectivity index (χ0v) is 13.7. The predicted octanol–water partition coefficient (Wildman–Crippen LogP) is 4.99. The first-order valence-corrected chi connectivity index (χ1v) is 8.63. The highest BCUT2D eigenvalue weighted by molar-refractivity contribution is 6.17. The Balaban J connectivity index is 3.59. The Labute approximate surface area is 124 Å². The first-order valence-electron chi connectivity index (χ1n) is 8.10. The van der Waals surface area contributed by atoms with Gasteiger partial charge in [-0.2, -0.15) is 0 Å². The number of halogens is 1. The average Bonchev–Trinajstić information content (AvgIpc) is 2.42. The van der Waals surface area contributed by atoms with E-state index in [0.29, 0.717) is 18.2 Å². The van der Waals surface area contributed by atoms with Gasteiger partial charge in [0.15, 0.2) is 0 Å². The Morgan fingerprint density at radius 2 is 1.53 bits per heavy atom. The molecular weight excluding hydrogens is 258 g/mol. The van der Waals surface area contributed by atoms with Crippen LogP contribution in [0, 0.1) is 0 Å². The van der Waals surface area contributed by atoms with Crippen molar-refractivity contribution in [1.29, 1.82) is 0 Å². The minimum Gasteiger partial charge on any atom is -0.343 e. The normalized spacial score (nSPS) is 10.7. The summed E-state index contributed by atoms with van der Waals surface area (Å²) in [6.45, 7) is 6.11. The molecule has 0 aliphatic carbocycles. The van der Waals surface area contributed by atoms with Gasteiger partial charge in [0, 0.05) is 25.4 Å². The highest BCUT2D eigenvalue weighted by Crippen LogP contribution is 2.08. The number of carbonyl (C=O) groups excluding carboxylic acids is 1. The summed E-state index contributed by atoms with van der Waals surface area (Å²) in [5.74, 6) is 1.04. The van der Waals surface area contributed by atoms with Crippen molar-refractivity contribution in [2.75, 3.05) is 19.0 Å². The van der Waals surface area contributed by atoms with E-state index in [2.05, 4.69) is 13.8 Å². The lowest BCUT2D eigenvalue weighted by molar-refractivity contribution is -0.131. The first-order chi connectivity index (χ1) is 9.26. The standard InChI is InChI=1S/C16H32ClNO/c1-3-5-6-7-8-12-15-18(4-2)16(19)13-10-9-11-14-17/h3-15H2,1-2H3. The Bertz CT molecular complexity index is 209. The molecular formula is C16H32ClNO. The zero-order valence-electron chi connectivity index (χ0n) is 12.9. The van der Waals surface area contributed by atoms with E-state index in [1.165, 1.54) is 32.1 Å². The summed E-state index contributed by atoms with van der Waals surface area (Å²) in [5.41, 5.74) is 0. The third kappa shape index (κ3) is 11.3. The predicted molar refractivity (Wildman–Crippen MR) is 84.8 cm³/mol. The second-order valence-electron chi connectivity index (χ2n) is 5.24. The quantitative estimate of drug-likeness (QED) is 0.345. The number of alkyl halides is 1. The highest BCUT2D eigenvalue weighted by Gasteiger charge is 2.10. The largest absolute Gasteiger partial charge is 0.343 e. The molecule has 0 fully saturated rings. The van der Waals surface area contributed by atoms with Gasteiger partial charge in [0.25, 0.3) is 0 Å². The van der Waals surface area contributed by atoms with E-state index in [4.69, 9.17) is 11.6 Å². The molecule has 3 heteroatoms. The molecule has 2 nitrogen and oxygen atoms in total. The summed E-state index contributed by atoms with van der Waals surface area (Å²) >= 11 is 5.63. The molecule has 0 spiro atoms. The molecule has 0 atom stereocenters. The Kier molecular flexibility index (Phi) is 14.0. The number of unbranched alkanes of at least 4 members (excludes halogenated alkanes) is 7. The van der Waals surface area contributed by atoms with Crippen molar-refractivity contribution in [3.05, 3.63) is 0 Å². The number of carbonyl (C=O) groups is 1. The second-order valence-corrected chi connectivity index (χ2v) is 5.62. The SMILES string of the molecule is CCCCCCCCN(CC)C(=O)CCCCCCl. The van der Waals surface area contributed by atoms with Gasteiger partial charge in [-0.25, -0.2) is 0 Å². The summed E-state index contributed by atoms with van der Waals surface area (Å²) < 4.78 is 0. The lowest BCUT2D eigenvalue weighted by atomic mass is 10.1. The van der Waals surface area contributed by atoms with Gasteiger partial charge in [0.2, 0.25) is 5.91 Å². The molecule has 0 aliphatic heterocycles. The summed E-state index contributed by atoms with van der Waals surface area (Å²) in [5, 5.41) is 0. The van der Waals surface area contributed by atoms with Crippen LogP contribution < -0.4 is 0 Å². The summed E-state index contributed by atoms with van der Waals surface area (Å²) in [6.07, 6.45) is 11.5. The van der Waals surface area contributed by atoms with E-state index in [0.717, 1.165) is 38.8 Å².